The second kappa shape index (κ2) is 8.51. The van der Waals surface area contributed by atoms with E-state index < -0.39 is 6.29 Å². The molecule has 1 rings (SSSR count). The minimum absolute atomic E-state index is 0.118. The van der Waals surface area contributed by atoms with Crippen LogP contribution in [0.4, 0.5) is 0 Å². The summed E-state index contributed by atoms with van der Waals surface area (Å²) in [5, 5.41) is 11.9. The van der Waals surface area contributed by atoms with Gasteiger partial charge in [0.15, 0.2) is 6.29 Å². The first-order valence-electron chi connectivity index (χ1n) is 6.41. The molecule has 0 aliphatic carbocycles. The number of hydrogen-bond donors (Lipinski definition) is 1. The van der Waals surface area contributed by atoms with Crippen LogP contribution in [0.1, 0.15) is 19.3 Å². The van der Waals surface area contributed by atoms with E-state index in [1.807, 2.05) is 6.07 Å². The van der Waals surface area contributed by atoms with E-state index in [1.165, 1.54) is 20.4 Å². The summed E-state index contributed by atoms with van der Waals surface area (Å²) in [5.74, 6) is -0.207. The van der Waals surface area contributed by atoms with Crippen molar-refractivity contribution in [1.29, 1.82) is 5.26 Å². The van der Waals surface area contributed by atoms with Crippen molar-refractivity contribution in [3.05, 3.63) is 11.8 Å². The molecule has 1 aliphatic heterocycles. The van der Waals surface area contributed by atoms with Gasteiger partial charge in [-0.2, -0.15) is 5.26 Å². The van der Waals surface area contributed by atoms with Gasteiger partial charge in [-0.1, -0.05) is 0 Å². The average Bonchev–Trinajstić information content (AvgIpc) is 2.48. The molecule has 0 saturated carbocycles. The number of nitrogens with zero attached hydrogens (tertiary/aromatic N) is 2. The molecule has 6 heteroatoms. The van der Waals surface area contributed by atoms with Crippen molar-refractivity contribution >= 4 is 5.91 Å². The highest BCUT2D eigenvalue weighted by Crippen LogP contribution is 2.11. The summed E-state index contributed by atoms with van der Waals surface area (Å²) in [4.78, 5) is 13.8. The average molecular weight is 267 g/mol. The number of piperidine rings is 1. The summed E-state index contributed by atoms with van der Waals surface area (Å²) < 4.78 is 10.00. The zero-order valence-corrected chi connectivity index (χ0v) is 11.5. The Morgan fingerprint density at radius 1 is 1.37 bits per heavy atom. The maximum atomic E-state index is 12.1. The Hall–Kier alpha value is -1.58. The van der Waals surface area contributed by atoms with Gasteiger partial charge in [-0.15, -0.1) is 0 Å². The van der Waals surface area contributed by atoms with Gasteiger partial charge in [-0.05, 0) is 19.3 Å². The molecular formula is C13H21N3O3. The zero-order valence-electron chi connectivity index (χ0n) is 11.5. The van der Waals surface area contributed by atoms with Crippen LogP contribution < -0.4 is 5.32 Å². The molecule has 19 heavy (non-hydrogen) atoms. The number of carbonyl (C=O) groups excluding carboxylic acids is 1. The van der Waals surface area contributed by atoms with E-state index in [2.05, 4.69) is 5.32 Å². The smallest absolute Gasteiger partial charge is 0.265 e. The second-order valence-electron chi connectivity index (χ2n) is 4.33. The third kappa shape index (κ3) is 4.89. The monoisotopic (exact) mass is 267 g/mol. The third-order valence-electron chi connectivity index (χ3n) is 3.05. The van der Waals surface area contributed by atoms with Crippen molar-refractivity contribution in [2.45, 2.75) is 25.6 Å². The summed E-state index contributed by atoms with van der Waals surface area (Å²) in [6, 6.07) is 1.93. The number of rotatable bonds is 6. The van der Waals surface area contributed by atoms with Gasteiger partial charge in [-0.25, -0.2) is 0 Å². The molecule has 0 aromatic carbocycles. The maximum absolute atomic E-state index is 12.1. The van der Waals surface area contributed by atoms with Crippen molar-refractivity contribution in [3.8, 4) is 6.07 Å². The first kappa shape index (κ1) is 15.5. The molecule has 1 saturated heterocycles. The lowest BCUT2D eigenvalue weighted by molar-refractivity contribution is -0.127. The maximum Gasteiger partial charge on any atom is 0.265 e. The van der Waals surface area contributed by atoms with E-state index >= 15 is 0 Å². The number of hydrogen-bond acceptors (Lipinski definition) is 5. The van der Waals surface area contributed by atoms with Gasteiger partial charge in [-0.3, -0.25) is 4.79 Å². The molecule has 0 radical (unpaired) electrons. The Morgan fingerprint density at radius 3 is 2.53 bits per heavy atom. The fourth-order valence-corrected chi connectivity index (χ4v) is 1.93. The number of nitrogens with one attached hydrogen (secondary N) is 1. The van der Waals surface area contributed by atoms with Crippen molar-refractivity contribution in [2.24, 2.45) is 0 Å². The molecule has 0 aromatic heterocycles. The third-order valence-corrected chi connectivity index (χ3v) is 3.05. The fraction of sp³-hybridized carbons (Fsp3) is 0.692. The number of carbonyl (C=O) groups is 1. The van der Waals surface area contributed by atoms with E-state index in [-0.39, 0.29) is 11.5 Å². The summed E-state index contributed by atoms with van der Waals surface area (Å²) >= 11 is 0. The van der Waals surface area contributed by atoms with Crippen LogP contribution in [0.3, 0.4) is 0 Å². The van der Waals surface area contributed by atoms with Crippen molar-refractivity contribution in [3.63, 3.8) is 0 Å². The summed E-state index contributed by atoms with van der Waals surface area (Å²) in [6.45, 7) is 1.85. The predicted molar refractivity (Wildman–Crippen MR) is 69.9 cm³/mol. The molecule has 0 aromatic rings. The molecule has 0 unspecified atom stereocenters. The van der Waals surface area contributed by atoms with E-state index in [9.17, 15) is 4.79 Å². The van der Waals surface area contributed by atoms with Crippen LogP contribution >= 0.6 is 0 Å². The summed E-state index contributed by atoms with van der Waals surface area (Å²) in [6.07, 6.45) is 4.20. The van der Waals surface area contributed by atoms with Crippen molar-refractivity contribution < 1.29 is 14.3 Å². The van der Waals surface area contributed by atoms with E-state index in [4.69, 9.17) is 14.7 Å². The molecule has 0 bridgehead atoms. The Morgan fingerprint density at radius 2 is 2.00 bits per heavy atom. The number of nitriles is 1. The van der Waals surface area contributed by atoms with Gasteiger partial charge in [0.1, 0.15) is 11.6 Å². The SMILES string of the molecule is COC(CN/C=C(/C#N)C(=O)N1CCCCC1)OC. The second-order valence-corrected chi connectivity index (χ2v) is 4.33. The van der Waals surface area contributed by atoms with E-state index in [0.29, 0.717) is 6.54 Å². The van der Waals surface area contributed by atoms with Gasteiger partial charge in [0.05, 0.1) is 6.54 Å². The van der Waals surface area contributed by atoms with Gasteiger partial charge < -0.3 is 19.7 Å². The fourth-order valence-electron chi connectivity index (χ4n) is 1.93. The van der Waals surface area contributed by atoms with Crippen LogP contribution in [-0.4, -0.2) is 51.0 Å². The molecular weight excluding hydrogens is 246 g/mol. The highest BCUT2D eigenvalue weighted by Gasteiger charge is 2.20. The Balaban J connectivity index is 2.51. The molecule has 1 aliphatic rings. The Bertz CT molecular complexity index is 353. The van der Waals surface area contributed by atoms with Crippen LogP contribution in [0.15, 0.2) is 11.8 Å². The van der Waals surface area contributed by atoms with Crippen LogP contribution in [0.5, 0.6) is 0 Å². The molecule has 1 amide bonds. The Kier molecular flexibility index (Phi) is 6.93. The minimum Gasteiger partial charge on any atom is -0.385 e. The highest BCUT2D eigenvalue weighted by atomic mass is 16.7. The largest absolute Gasteiger partial charge is 0.385 e. The lowest BCUT2D eigenvalue weighted by Gasteiger charge is -2.26. The molecule has 1 N–H and O–H groups in total. The Labute approximate surface area is 114 Å². The number of likely N-dealkylation sites (tertiary alicyclic amines) is 1. The lowest BCUT2D eigenvalue weighted by atomic mass is 10.1. The summed E-state index contributed by atoms with van der Waals surface area (Å²) in [5.41, 5.74) is 0.118. The molecule has 1 heterocycles. The quantitative estimate of drug-likeness (QED) is 0.434. The van der Waals surface area contributed by atoms with Gasteiger partial charge in [0.25, 0.3) is 5.91 Å². The first-order chi connectivity index (χ1) is 9.22. The molecule has 0 atom stereocenters. The van der Waals surface area contributed by atoms with Crippen LogP contribution in [0.25, 0.3) is 0 Å². The molecule has 1 fully saturated rings. The highest BCUT2D eigenvalue weighted by molar-refractivity contribution is 5.97. The lowest BCUT2D eigenvalue weighted by Crippen LogP contribution is -2.37. The topological polar surface area (TPSA) is 74.6 Å². The summed E-state index contributed by atoms with van der Waals surface area (Å²) in [7, 11) is 3.06. The van der Waals surface area contributed by atoms with E-state index in [0.717, 1.165) is 32.4 Å². The van der Waals surface area contributed by atoms with E-state index in [1.54, 1.807) is 4.90 Å². The van der Waals surface area contributed by atoms with Gasteiger partial charge >= 0.3 is 0 Å². The molecule has 6 nitrogen and oxygen atoms in total. The van der Waals surface area contributed by atoms with Crippen LogP contribution in [0.2, 0.25) is 0 Å². The normalized spacial score (nSPS) is 16.3. The van der Waals surface area contributed by atoms with Crippen molar-refractivity contribution in [1.82, 2.24) is 10.2 Å². The minimum atomic E-state index is -0.402. The zero-order chi connectivity index (χ0) is 14.1. The number of ether oxygens (including phenoxy) is 2. The van der Waals surface area contributed by atoms with Crippen LogP contribution in [0, 0.1) is 11.3 Å². The van der Waals surface area contributed by atoms with Gasteiger partial charge in [0.2, 0.25) is 0 Å². The molecule has 0 spiro atoms. The van der Waals surface area contributed by atoms with Crippen LogP contribution in [-0.2, 0) is 14.3 Å². The first-order valence-corrected chi connectivity index (χ1v) is 6.41. The van der Waals surface area contributed by atoms with Crippen molar-refractivity contribution in [2.75, 3.05) is 33.9 Å². The predicted octanol–water partition coefficient (Wildman–Crippen LogP) is 0.615. The standard InChI is InChI=1S/C13H21N3O3/c1-18-12(19-2)10-15-9-11(8-14)13(17)16-6-4-3-5-7-16/h9,12,15H,3-7,10H2,1-2H3/b11-9-. The number of amides is 1. The number of methoxy groups -OCH3 is 2. The molecule has 106 valence electrons. The van der Waals surface area contributed by atoms with Gasteiger partial charge in [0, 0.05) is 33.5 Å².